The van der Waals surface area contributed by atoms with Gasteiger partial charge in [0.2, 0.25) is 0 Å². The molecule has 2 amide bonds. The summed E-state index contributed by atoms with van der Waals surface area (Å²) < 4.78 is 0. The standard InChI is InChI=1S/C15H22N2O3/c1-4-15(2,3)17-14(20)16-9-8-11-6-5-7-12(10-11)13(18)19/h5-7,10H,4,8-9H2,1-3H3,(H,18,19)(H2,16,17,20). The number of benzene rings is 1. The molecule has 5 heteroatoms. The lowest BCUT2D eigenvalue weighted by Crippen LogP contribution is -2.48. The molecule has 0 bridgehead atoms. The lowest BCUT2D eigenvalue weighted by atomic mass is 10.0. The van der Waals surface area contributed by atoms with Gasteiger partial charge in [0, 0.05) is 12.1 Å². The van der Waals surface area contributed by atoms with E-state index in [-0.39, 0.29) is 17.1 Å². The molecule has 0 aliphatic heterocycles. The van der Waals surface area contributed by atoms with Gasteiger partial charge in [-0.05, 0) is 44.4 Å². The zero-order valence-electron chi connectivity index (χ0n) is 12.2. The highest BCUT2D eigenvalue weighted by molar-refractivity contribution is 5.87. The first kappa shape index (κ1) is 16.0. The molecule has 3 N–H and O–H groups in total. The van der Waals surface area contributed by atoms with Crippen LogP contribution in [0.5, 0.6) is 0 Å². The van der Waals surface area contributed by atoms with Crippen molar-refractivity contribution < 1.29 is 14.7 Å². The van der Waals surface area contributed by atoms with Gasteiger partial charge in [0.1, 0.15) is 0 Å². The van der Waals surface area contributed by atoms with Gasteiger partial charge in [-0.3, -0.25) is 0 Å². The molecule has 0 aliphatic rings. The number of nitrogens with one attached hydrogen (secondary N) is 2. The molecule has 20 heavy (non-hydrogen) atoms. The summed E-state index contributed by atoms with van der Waals surface area (Å²) in [6.45, 7) is 6.40. The molecule has 5 nitrogen and oxygen atoms in total. The van der Waals surface area contributed by atoms with Crippen LogP contribution in [0.4, 0.5) is 4.79 Å². The van der Waals surface area contributed by atoms with E-state index in [1.165, 1.54) is 0 Å². The molecule has 0 fully saturated rings. The van der Waals surface area contributed by atoms with Crippen molar-refractivity contribution in [3.05, 3.63) is 35.4 Å². The molecule has 0 aromatic heterocycles. The molecule has 1 aromatic rings. The predicted molar refractivity (Wildman–Crippen MR) is 78.0 cm³/mol. The number of carbonyl (C=O) groups is 2. The number of carboxylic acid groups (broad SMARTS) is 1. The average molecular weight is 278 g/mol. The van der Waals surface area contributed by atoms with Crippen LogP contribution in [-0.2, 0) is 6.42 Å². The molecule has 0 aliphatic carbocycles. The topological polar surface area (TPSA) is 78.4 Å². The molecule has 0 atom stereocenters. The summed E-state index contributed by atoms with van der Waals surface area (Å²) >= 11 is 0. The molecule has 0 heterocycles. The second-order valence-corrected chi connectivity index (χ2v) is 5.37. The molecule has 0 spiro atoms. The van der Waals surface area contributed by atoms with Crippen molar-refractivity contribution in [2.75, 3.05) is 6.54 Å². The monoisotopic (exact) mass is 278 g/mol. The zero-order valence-corrected chi connectivity index (χ0v) is 12.2. The third-order valence-corrected chi connectivity index (χ3v) is 3.21. The molecule has 0 radical (unpaired) electrons. The summed E-state index contributed by atoms with van der Waals surface area (Å²) in [6, 6.07) is 6.53. The van der Waals surface area contributed by atoms with Crippen molar-refractivity contribution >= 4 is 12.0 Å². The normalized spacial score (nSPS) is 10.9. The maximum absolute atomic E-state index is 11.7. The largest absolute Gasteiger partial charge is 0.478 e. The number of aromatic carboxylic acids is 1. The summed E-state index contributed by atoms with van der Waals surface area (Å²) in [6.07, 6.45) is 1.45. The van der Waals surface area contributed by atoms with E-state index in [1.807, 2.05) is 26.8 Å². The summed E-state index contributed by atoms with van der Waals surface area (Å²) in [5, 5.41) is 14.5. The fourth-order valence-corrected chi connectivity index (χ4v) is 1.62. The fourth-order valence-electron chi connectivity index (χ4n) is 1.62. The number of hydrogen-bond donors (Lipinski definition) is 3. The van der Waals surface area contributed by atoms with E-state index >= 15 is 0 Å². The molecule has 110 valence electrons. The van der Waals surface area contributed by atoms with Crippen LogP contribution in [-0.4, -0.2) is 29.2 Å². The van der Waals surface area contributed by atoms with Gasteiger partial charge in [-0.15, -0.1) is 0 Å². The van der Waals surface area contributed by atoms with Crippen molar-refractivity contribution in [1.29, 1.82) is 0 Å². The quantitative estimate of drug-likeness (QED) is 0.747. The Morgan fingerprint density at radius 3 is 2.60 bits per heavy atom. The predicted octanol–water partition coefficient (Wildman–Crippen LogP) is 2.42. The zero-order chi connectivity index (χ0) is 15.2. The van der Waals surface area contributed by atoms with Gasteiger partial charge in [0.05, 0.1) is 5.56 Å². The van der Waals surface area contributed by atoms with Crippen LogP contribution in [0.25, 0.3) is 0 Å². The molecular weight excluding hydrogens is 256 g/mol. The van der Waals surface area contributed by atoms with E-state index in [4.69, 9.17) is 5.11 Å². The van der Waals surface area contributed by atoms with Crippen molar-refractivity contribution in [2.24, 2.45) is 0 Å². The number of amides is 2. The van der Waals surface area contributed by atoms with Gasteiger partial charge >= 0.3 is 12.0 Å². The SMILES string of the molecule is CCC(C)(C)NC(=O)NCCc1cccc(C(=O)O)c1. The number of urea groups is 1. The van der Waals surface area contributed by atoms with E-state index in [0.29, 0.717) is 13.0 Å². The Bertz CT molecular complexity index is 484. The van der Waals surface area contributed by atoms with Gasteiger partial charge in [0.15, 0.2) is 0 Å². The van der Waals surface area contributed by atoms with E-state index in [0.717, 1.165) is 12.0 Å². The third-order valence-electron chi connectivity index (χ3n) is 3.21. The van der Waals surface area contributed by atoms with E-state index in [1.54, 1.807) is 18.2 Å². The second-order valence-electron chi connectivity index (χ2n) is 5.37. The Kier molecular flexibility index (Phi) is 5.55. The van der Waals surface area contributed by atoms with Crippen LogP contribution < -0.4 is 10.6 Å². The summed E-state index contributed by atoms with van der Waals surface area (Å²) in [5.74, 6) is -0.942. The highest BCUT2D eigenvalue weighted by atomic mass is 16.4. The van der Waals surface area contributed by atoms with Gasteiger partial charge < -0.3 is 15.7 Å². The molecule has 0 saturated carbocycles. The van der Waals surface area contributed by atoms with Gasteiger partial charge in [-0.25, -0.2) is 9.59 Å². The van der Waals surface area contributed by atoms with Crippen LogP contribution in [0.3, 0.4) is 0 Å². The highest BCUT2D eigenvalue weighted by Crippen LogP contribution is 2.07. The smallest absolute Gasteiger partial charge is 0.335 e. The first-order valence-corrected chi connectivity index (χ1v) is 6.72. The Morgan fingerprint density at radius 1 is 1.30 bits per heavy atom. The van der Waals surface area contributed by atoms with Crippen LogP contribution in [0.15, 0.2) is 24.3 Å². The van der Waals surface area contributed by atoms with Crippen molar-refractivity contribution in [3.63, 3.8) is 0 Å². The molecular formula is C15H22N2O3. The molecule has 1 aromatic carbocycles. The van der Waals surface area contributed by atoms with E-state index < -0.39 is 5.97 Å². The van der Waals surface area contributed by atoms with Gasteiger partial charge in [-0.1, -0.05) is 19.1 Å². The summed E-state index contributed by atoms with van der Waals surface area (Å²) in [4.78, 5) is 22.5. The summed E-state index contributed by atoms with van der Waals surface area (Å²) in [5.41, 5.74) is 0.923. The van der Waals surface area contributed by atoms with Crippen LogP contribution in [0, 0.1) is 0 Å². The number of carboxylic acids is 1. The molecule has 0 unspecified atom stereocenters. The Balaban J connectivity index is 2.43. The number of rotatable bonds is 6. The highest BCUT2D eigenvalue weighted by Gasteiger charge is 2.17. The van der Waals surface area contributed by atoms with Crippen LogP contribution >= 0.6 is 0 Å². The summed E-state index contributed by atoms with van der Waals surface area (Å²) in [7, 11) is 0. The first-order valence-electron chi connectivity index (χ1n) is 6.72. The average Bonchev–Trinajstić information content (AvgIpc) is 2.38. The Morgan fingerprint density at radius 2 is 2.00 bits per heavy atom. The minimum Gasteiger partial charge on any atom is -0.478 e. The Hall–Kier alpha value is -2.04. The van der Waals surface area contributed by atoms with E-state index in [9.17, 15) is 9.59 Å². The first-order chi connectivity index (χ1) is 9.34. The number of carbonyl (C=O) groups excluding carboxylic acids is 1. The Labute approximate surface area is 119 Å². The van der Waals surface area contributed by atoms with Gasteiger partial charge in [0.25, 0.3) is 0 Å². The molecule has 1 rings (SSSR count). The lowest BCUT2D eigenvalue weighted by molar-refractivity contribution is 0.0696. The van der Waals surface area contributed by atoms with Gasteiger partial charge in [-0.2, -0.15) is 0 Å². The molecule has 0 saturated heterocycles. The minimum absolute atomic E-state index is 0.203. The van der Waals surface area contributed by atoms with Crippen LogP contribution in [0.2, 0.25) is 0 Å². The van der Waals surface area contributed by atoms with Crippen molar-refractivity contribution in [1.82, 2.24) is 10.6 Å². The minimum atomic E-state index is -0.942. The van der Waals surface area contributed by atoms with Crippen LogP contribution in [0.1, 0.15) is 43.1 Å². The third kappa shape index (κ3) is 5.30. The maximum atomic E-state index is 11.7. The number of hydrogen-bond acceptors (Lipinski definition) is 2. The second kappa shape index (κ2) is 6.93. The lowest BCUT2D eigenvalue weighted by Gasteiger charge is -2.24. The van der Waals surface area contributed by atoms with Crippen molar-refractivity contribution in [3.8, 4) is 0 Å². The fraction of sp³-hybridized carbons (Fsp3) is 0.467. The van der Waals surface area contributed by atoms with Crippen molar-refractivity contribution in [2.45, 2.75) is 39.2 Å². The maximum Gasteiger partial charge on any atom is 0.335 e. The van der Waals surface area contributed by atoms with E-state index in [2.05, 4.69) is 10.6 Å².